The van der Waals surface area contributed by atoms with Crippen molar-refractivity contribution >= 4 is 31.3 Å². The first-order valence-electron chi connectivity index (χ1n) is 10.9. The predicted molar refractivity (Wildman–Crippen MR) is 126 cm³/mol. The van der Waals surface area contributed by atoms with Crippen molar-refractivity contribution < 1.29 is 32.5 Å². The van der Waals surface area contributed by atoms with Crippen LogP contribution in [0.2, 0.25) is 5.02 Å². The van der Waals surface area contributed by atoms with E-state index in [1.807, 2.05) is 0 Å². The summed E-state index contributed by atoms with van der Waals surface area (Å²) in [5.74, 6) is -0.111. The zero-order valence-electron chi connectivity index (χ0n) is 20.5. The van der Waals surface area contributed by atoms with Crippen LogP contribution in [0, 0.1) is 0 Å². The van der Waals surface area contributed by atoms with Gasteiger partial charge in [-0.1, -0.05) is 29.8 Å². The molecule has 2 rings (SSSR count). The Morgan fingerprint density at radius 3 is 2.18 bits per heavy atom. The van der Waals surface area contributed by atoms with Crippen LogP contribution >= 0.6 is 19.4 Å². The number of likely N-dealkylation sites (N-methyl/N-ethyl adjacent to an activating group) is 1. The summed E-state index contributed by atoms with van der Waals surface area (Å²) in [5.41, 5.74) is -2.36. The number of hydrogen-bond donors (Lipinski definition) is 0. The van der Waals surface area contributed by atoms with Gasteiger partial charge in [0.1, 0.15) is 5.54 Å². The van der Waals surface area contributed by atoms with Gasteiger partial charge in [-0.3, -0.25) is 18.7 Å². The maximum atomic E-state index is 13.1. The standard InChI is InChI=1S/C23H35ClNO7P/c1-21(2,3)31-33(28,32-22(4,5)6)30-16-29-20(27)25(7)23(15-11-10-14-19(23)26)17-12-8-9-13-18(17)24/h8-9,12-13H,10-11,14-16H2,1-7H3. The molecule has 0 N–H and O–H groups in total. The first-order chi connectivity index (χ1) is 15.1. The number of ketones is 1. The van der Waals surface area contributed by atoms with Gasteiger partial charge in [0, 0.05) is 24.1 Å². The van der Waals surface area contributed by atoms with Crippen LogP contribution in [0.1, 0.15) is 72.8 Å². The number of rotatable bonds is 7. The fourth-order valence-corrected chi connectivity index (χ4v) is 5.72. The molecule has 0 spiro atoms. The number of carbonyl (C=O) groups is 2. The third-order valence-corrected chi connectivity index (χ3v) is 7.28. The van der Waals surface area contributed by atoms with Gasteiger partial charge in [-0.25, -0.2) is 13.9 Å². The van der Waals surface area contributed by atoms with Gasteiger partial charge in [0.15, 0.2) is 5.78 Å². The highest BCUT2D eigenvalue weighted by molar-refractivity contribution is 7.48. The summed E-state index contributed by atoms with van der Waals surface area (Å²) in [7, 11) is -2.57. The number of benzene rings is 1. The summed E-state index contributed by atoms with van der Waals surface area (Å²) < 4.78 is 34.7. The SMILES string of the molecule is CN(C(=O)OCOP(=O)(OC(C)(C)C)OC(C)(C)C)C1(c2ccccc2Cl)CCCCC1=O. The normalized spacial score (nSPS) is 19.9. The van der Waals surface area contributed by atoms with E-state index in [0.29, 0.717) is 23.4 Å². The highest BCUT2D eigenvalue weighted by Crippen LogP contribution is 2.55. The monoisotopic (exact) mass is 503 g/mol. The lowest BCUT2D eigenvalue weighted by Crippen LogP contribution is -2.54. The molecule has 1 aromatic carbocycles. The van der Waals surface area contributed by atoms with E-state index in [4.69, 9.17) is 29.9 Å². The number of nitrogens with zero attached hydrogens (tertiary/aromatic N) is 1. The molecule has 186 valence electrons. The minimum absolute atomic E-state index is 0.111. The maximum absolute atomic E-state index is 13.1. The summed E-state index contributed by atoms with van der Waals surface area (Å²) in [6.45, 7) is 9.55. The fraction of sp³-hybridized carbons (Fsp3) is 0.652. The minimum atomic E-state index is -4.06. The largest absolute Gasteiger partial charge is 0.478 e. The molecule has 1 aromatic rings. The molecule has 1 saturated carbocycles. The number of phosphoric acid groups is 1. The van der Waals surface area contributed by atoms with Crippen molar-refractivity contribution in [1.82, 2.24) is 4.90 Å². The molecule has 1 atom stereocenters. The number of Topliss-reactive ketones (excluding diaryl/α,β-unsaturated/α-hetero) is 1. The third kappa shape index (κ3) is 7.27. The lowest BCUT2D eigenvalue weighted by atomic mass is 9.74. The van der Waals surface area contributed by atoms with Crippen LogP contribution in [0.15, 0.2) is 24.3 Å². The molecule has 0 heterocycles. The van der Waals surface area contributed by atoms with E-state index in [2.05, 4.69) is 0 Å². The molecule has 33 heavy (non-hydrogen) atoms. The maximum Gasteiger partial charge on any atom is 0.478 e. The number of halogens is 1. The van der Waals surface area contributed by atoms with E-state index >= 15 is 0 Å². The van der Waals surface area contributed by atoms with E-state index in [-0.39, 0.29) is 5.78 Å². The molecule has 0 bridgehead atoms. The van der Waals surface area contributed by atoms with Gasteiger partial charge in [-0.15, -0.1) is 0 Å². The van der Waals surface area contributed by atoms with Crippen LogP contribution in [0.25, 0.3) is 0 Å². The zero-order valence-corrected chi connectivity index (χ0v) is 22.1. The van der Waals surface area contributed by atoms with Crippen LogP contribution in [0.4, 0.5) is 4.79 Å². The molecule has 10 heteroatoms. The summed E-state index contributed by atoms with van der Waals surface area (Å²) >= 11 is 6.42. The quantitative estimate of drug-likeness (QED) is 0.311. The van der Waals surface area contributed by atoms with E-state index in [1.54, 1.807) is 65.8 Å². The molecule has 8 nitrogen and oxygen atoms in total. The Hall–Kier alpha value is -1.44. The second-order valence-electron chi connectivity index (χ2n) is 10.0. The Kier molecular flexibility index (Phi) is 8.80. The number of ether oxygens (including phenoxy) is 1. The minimum Gasteiger partial charge on any atom is -0.422 e. The first kappa shape index (κ1) is 27.8. The van der Waals surface area contributed by atoms with E-state index in [1.165, 1.54) is 11.9 Å². The van der Waals surface area contributed by atoms with Crippen LogP contribution in [-0.4, -0.2) is 41.8 Å². The van der Waals surface area contributed by atoms with Gasteiger partial charge >= 0.3 is 13.9 Å². The Morgan fingerprint density at radius 2 is 1.67 bits per heavy atom. The molecule has 1 aliphatic rings. The third-order valence-electron chi connectivity index (χ3n) is 4.98. The molecule has 0 aromatic heterocycles. The molecule has 1 amide bonds. The number of amides is 1. The lowest BCUT2D eigenvalue weighted by Gasteiger charge is -2.43. The van der Waals surface area contributed by atoms with Gasteiger partial charge in [0.25, 0.3) is 0 Å². The van der Waals surface area contributed by atoms with Gasteiger partial charge in [-0.2, -0.15) is 0 Å². The summed E-state index contributed by atoms with van der Waals surface area (Å²) in [6, 6.07) is 6.97. The van der Waals surface area contributed by atoms with Gasteiger partial charge < -0.3 is 4.74 Å². The Labute approximate surface area is 201 Å². The van der Waals surface area contributed by atoms with E-state index < -0.39 is 37.4 Å². The topological polar surface area (TPSA) is 91.4 Å². The van der Waals surface area contributed by atoms with Crippen molar-refractivity contribution in [3.63, 3.8) is 0 Å². The predicted octanol–water partition coefficient (Wildman–Crippen LogP) is 6.46. The zero-order chi connectivity index (χ0) is 25.1. The van der Waals surface area contributed by atoms with Gasteiger partial charge in [-0.05, 0) is 66.9 Å². The van der Waals surface area contributed by atoms with Crippen molar-refractivity contribution in [3.05, 3.63) is 34.9 Å². The van der Waals surface area contributed by atoms with Crippen molar-refractivity contribution in [2.75, 3.05) is 13.8 Å². The molecular formula is C23H35ClNO7P. The molecule has 1 fully saturated rings. The molecular weight excluding hydrogens is 469 g/mol. The Bertz CT molecular complexity index is 889. The molecule has 0 radical (unpaired) electrons. The first-order valence-corrected chi connectivity index (χ1v) is 12.8. The summed E-state index contributed by atoms with van der Waals surface area (Å²) in [4.78, 5) is 27.4. The Balaban J connectivity index is 2.21. The van der Waals surface area contributed by atoms with Crippen LogP contribution in [0.3, 0.4) is 0 Å². The fourth-order valence-electron chi connectivity index (χ4n) is 3.77. The number of hydrogen-bond acceptors (Lipinski definition) is 7. The van der Waals surface area contributed by atoms with Crippen LogP contribution in [-0.2, 0) is 33.2 Å². The van der Waals surface area contributed by atoms with E-state index in [0.717, 1.165) is 12.8 Å². The van der Waals surface area contributed by atoms with Gasteiger partial charge in [0.05, 0.1) is 11.2 Å². The lowest BCUT2D eigenvalue weighted by molar-refractivity contribution is -0.133. The second kappa shape index (κ2) is 10.4. The summed E-state index contributed by atoms with van der Waals surface area (Å²) in [5, 5.41) is 0.394. The molecule has 1 unspecified atom stereocenters. The smallest absolute Gasteiger partial charge is 0.422 e. The second-order valence-corrected chi connectivity index (χ2v) is 12.0. The average Bonchev–Trinajstić information content (AvgIpc) is 2.65. The average molecular weight is 504 g/mol. The number of carbonyl (C=O) groups excluding carboxylic acids is 2. The van der Waals surface area contributed by atoms with Crippen molar-refractivity contribution in [2.24, 2.45) is 0 Å². The highest BCUT2D eigenvalue weighted by atomic mass is 35.5. The van der Waals surface area contributed by atoms with Crippen molar-refractivity contribution in [3.8, 4) is 0 Å². The van der Waals surface area contributed by atoms with Crippen molar-refractivity contribution in [2.45, 2.75) is 84.0 Å². The molecule has 0 saturated heterocycles. The van der Waals surface area contributed by atoms with Crippen LogP contribution < -0.4 is 0 Å². The van der Waals surface area contributed by atoms with Gasteiger partial charge in [0.2, 0.25) is 6.79 Å². The highest BCUT2D eigenvalue weighted by Gasteiger charge is 2.48. The summed E-state index contributed by atoms with van der Waals surface area (Å²) in [6.07, 6.45) is 1.42. The molecule has 0 aliphatic heterocycles. The number of phosphoric ester groups is 1. The van der Waals surface area contributed by atoms with Crippen molar-refractivity contribution in [1.29, 1.82) is 0 Å². The van der Waals surface area contributed by atoms with E-state index in [9.17, 15) is 14.2 Å². The molecule has 1 aliphatic carbocycles. The Morgan fingerprint density at radius 1 is 1.09 bits per heavy atom. The van der Waals surface area contributed by atoms with Crippen LogP contribution in [0.5, 0.6) is 0 Å².